The molecule has 4 aliphatic carbocycles. The summed E-state index contributed by atoms with van der Waals surface area (Å²) in [6.07, 6.45) is 6.13. The fourth-order valence-corrected chi connectivity index (χ4v) is 5.36. The van der Waals surface area contributed by atoms with Crippen molar-refractivity contribution in [1.82, 2.24) is 4.98 Å². The Hall–Kier alpha value is -1.03. The van der Waals surface area contributed by atoms with Crippen LogP contribution < -0.4 is 5.73 Å². The first-order valence-electron chi connectivity index (χ1n) is 7.52. The third kappa shape index (κ3) is 1.72. The summed E-state index contributed by atoms with van der Waals surface area (Å²) >= 11 is 0. The SMILES string of the molecule is Cc1nc(N)oc1C(O)C1C2CC3CC(C2)CC1C3. The van der Waals surface area contributed by atoms with Crippen LogP contribution in [0.2, 0.25) is 0 Å². The number of nitrogens with zero attached hydrogens (tertiary/aromatic N) is 1. The maximum absolute atomic E-state index is 10.8. The lowest BCUT2D eigenvalue weighted by molar-refractivity contribution is -0.0960. The van der Waals surface area contributed by atoms with Gasteiger partial charge in [0.1, 0.15) is 6.10 Å². The highest BCUT2D eigenvalue weighted by molar-refractivity contribution is 5.21. The number of aliphatic hydroxyl groups excluding tert-OH is 1. The molecule has 4 aliphatic rings. The standard InChI is InChI=1S/C15H22N2O2/c1-7-14(19-15(16)17-7)13(18)12-10-3-8-2-9(5-10)6-11(12)4-8/h8-13,18H,2-6H2,1H3,(H2,16,17). The summed E-state index contributed by atoms with van der Waals surface area (Å²) in [4.78, 5) is 4.10. The highest BCUT2D eigenvalue weighted by Crippen LogP contribution is 2.59. The van der Waals surface area contributed by atoms with E-state index in [1.54, 1.807) is 0 Å². The van der Waals surface area contributed by atoms with E-state index in [0.717, 1.165) is 17.5 Å². The zero-order valence-corrected chi connectivity index (χ0v) is 11.4. The highest BCUT2D eigenvalue weighted by Gasteiger charge is 2.51. The lowest BCUT2D eigenvalue weighted by Crippen LogP contribution is -2.47. The molecular formula is C15H22N2O2. The maximum atomic E-state index is 10.8. The Kier molecular flexibility index (Phi) is 2.47. The lowest BCUT2D eigenvalue weighted by Gasteiger charge is -2.55. The minimum Gasteiger partial charge on any atom is -0.426 e. The number of nitrogen functional groups attached to an aromatic ring is 1. The number of hydrogen-bond acceptors (Lipinski definition) is 4. The summed E-state index contributed by atoms with van der Waals surface area (Å²) in [5, 5.41) is 10.8. The number of aryl methyl sites for hydroxylation is 1. The number of aromatic nitrogens is 1. The fraction of sp³-hybridized carbons (Fsp3) is 0.800. The molecule has 1 aromatic rings. The zero-order chi connectivity index (χ0) is 13.1. The van der Waals surface area contributed by atoms with Crippen molar-refractivity contribution < 1.29 is 9.52 Å². The molecule has 1 heterocycles. The monoisotopic (exact) mass is 262 g/mol. The van der Waals surface area contributed by atoms with Gasteiger partial charge in [0, 0.05) is 0 Å². The van der Waals surface area contributed by atoms with Crippen molar-refractivity contribution >= 4 is 6.01 Å². The van der Waals surface area contributed by atoms with E-state index in [2.05, 4.69) is 4.98 Å². The quantitative estimate of drug-likeness (QED) is 0.859. The average molecular weight is 262 g/mol. The van der Waals surface area contributed by atoms with Gasteiger partial charge in [0.15, 0.2) is 5.76 Å². The van der Waals surface area contributed by atoms with Crippen LogP contribution in [0, 0.1) is 36.5 Å². The van der Waals surface area contributed by atoms with Crippen molar-refractivity contribution in [2.75, 3.05) is 5.73 Å². The molecule has 104 valence electrons. The predicted molar refractivity (Wildman–Crippen MR) is 71.1 cm³/mol. The number of rotatable bonds is 2. The smallest absolute Gasteiger partial charge is 0.292 e. The normalized spacial score (nSPS) is 41.7. The molecule has 4 bridgehead atoms. The molecule has 1 atom stereocenters. The molecule has 4 heteroatoms. The zero-order valence-electron chi connectivity index (χ0n) is 11.4. The minimum atomic E-state index is -0.514. The number of aliphatic hydroxyl groups is 1. The van der Waals surface area contributed by atoms with Crippen molar-refractivity contribution in [2.24, 2.45) is 29.6 Å². The molecule has 0 aromatic carbocycles. The molecule has 5 rings (SSSR count). The number of anilines is 1. The molecule has 0 aliphatic heterocycles. The Morgan fingerprint density at radius 1 is 1.16 bits per heavy atom. The minimum absolute atomic E-state index is 0.176. The van der Waals surface area contributed by atoms with Gasteiger partial charge >= 0.3 is 0 Å². The Morgan fingerprint density at radius 3 is 2.21 bits per heavy atom. The van der Waals surface area contributed by atoms with E-state index < -0.39 is 6.10 Å². The third-order valence-electron chi connectivity index (χ3n) is 5.78. The molecule has 0 saturated heterocycles. The second-order valence-electron chi connectivity index (χ2n) is 6.95. The third-order valence-corrected chi connectivity index (χ3v) is 5.78. The van der Waals surface area contributed by atoms with E-state index in [9.17, 15) is 5.11 Å². The molecule has 19 heavy (non-hydrogen) atoms. The van der Waals surface area contributed by atoms with E-state index in [-0.39, 0.29) is 6.01 Å². The van der Waals surface area contributed by atoms with Crippen LogP contribution in [0.25, 0.3) is 0 Å². The first kappa shape index (κ1) is 11.8. The van der Waals surface area contributed by atoms with E-state index in [4.69, 9.17) is 10.2 Å². The Labute approximate surface area is 113 Å². The largest absolute Gasteiger partial charge is 0.426 e. The second-order valence-corrected chi connectivity index (χ2v) is 6.95. The van der Waals surface area contributed by atoms with Crippen LogP contribution >= 0.6 is 0 Å². The molecule has 0 amide bonds. The number of nitrogens with two attached hydrogens (primary N) is 1. The Balaban J connectivity index is 1.63. The molecule has 4 saturated carbocycles. The van der Waals surface area contributed by atoms with Crippen LogP contribution in [-0.2, 0) is 0 Å². The second kappa shape index (κ2) is 3.98. The van der Waals surface area contributed by atoms with Gasteiger partial charge in [0.05, 0.1) is 5.69 Å². The van der Waals surface area contributed by atoms with Crippen molar-refractivity contribution in [3.8, 4) is 0 Å². The van der Waals surface area contributed by atoms with E-state index in [0.29, 0.717) is 23.5 Å². The first-order chi connectivity index (χ1) is 9.11. The first-order valence-corrected chi connectivity index (χ1v) is 7.52. The van der Waals surface area contributed by atoms with Crippen LogP contribution in [-0.4, -0.2) is 10.1 Å². The van der Waals surface area contributed by atoms with Crippen molar-refractivity contribution in [2.45, 2.75) is 45.1 Å². The van der Waals surface area contributed by atoms with Gasteiger partial charge in [-0.25, -0.2) is 0 Å². The van der Waals surface area contributed by atoms with Gasteiger partial charge in [-0.05, 0) is 68.6 Å². The molecule has 0 radical (unpaired) electrons. The van der Waals surface area contributed by atoms with E-state index in [1.807, 2.05) is 6.92 Å². The van der Waals surface area contributed by atoms with E-state index in [1.165, 1.54) is 32.1 Å². The van der Waals surface area contributed by atoms with Crippen LogP contribution in [0.3, 0.4) is 0 Å². The molecule has 1 aromatic heterocycles. The highest BCUT2D eigenvalue weighted by atomic mass is 16.4. The molecule has 0 spiro atoms. The van der Waals surface area contributed by atoms with Crippen LogP contribution in [0.4, 0.5) is 6.01 Å². The lowest BCUT2D eigenvalue weighted by atomic mass is 9.50. The van der Waals surface area contributed by atoms with Crippen LogP contribution in [0.15, 0.2) is 4.42 Å². The summed E-state index contributed by atoms with van der Waals surface area (Å²) in [5.74, 6) is 4.17. The van der Waals surface area contributed by atoms with Gasteiger partial charge < -0.3 is 15.3 Å². The predicted octanol–water partition coefficient (Wildman–Crippen LogP) is 2.67. The molecule has 1 unspecified atom stereocenters. The molecule has 4 nitrogen and oxygen atoms in total. The van der Waals surface area contributed by atoms with Gasteiger partial charge in [0.2, 0.25) is 0 Å². The Morgan fingerprint density at radius 2 is 1.74 bits per heavy atom. The topological polar surface area (TPSA) is 72.3 Å². The van der Waals surface area contributed by atoms with Gasteiger partial charge in [-0.1, -0.05) is 0 Å². The van der Waals surface area contributed by atoms with Crippen molar-refractivity contribution in [1.29, 1.82) is 0 Å². The summed E-state index contributed by atoms with van der Waals surface area (Å²) in [6, 6.07) is 0.176. The molecular weight excluding hydrogens is 240 g/mol. The summed E-state index contributed by atoms with van der Waals surface area (Å²) in [5.41, 5.74) is 6.35. The van der Waals surface area contributed by atoms with Gasteiger partial charge in [-0.3, -0.25) is 0 Å². The Bertz CT molecular complexity index is 468. The van der Waals surface area contributed by atoms with Crippen molar-refractivity contribution in [3.05, 3.63) is 11.5 Å². The van der Waals surface area contributed by atoms with Gasteiger partial charge in [-0.15, -0.1) is 0 Å². The molecule has 4 fully saturated rings. The average Bonchev–Trinajstić information content (AvgIpc) is 2.66. The summed E-state index contributed by atoms with van der Waals surface area (Å²) < 4.78 is 5.45. The van der Waals surface area contributed by atoms with Crippen LogP contribution in [0.1, 0.15) is 49.7 Å². The van der Waals surface area contributed by atoms with Gasteiger partial charge in [-0.2, -0.15) is 4.98 Å². The van der Waals surface area contributed by atoms with Gasteiger partial charge in [0.25, 0.3) is 6.01 Å². The summed E-state index contributed by atoms with van der Waals surface area (Å²) in [6.45, 7) is 1.87. The van der Waals surface area contributed by atoms with E-state index >= 15 is 0 Å². The van der Waals surface area contributed by atoms with Crippen LogP contribution in [0.5, 0.6) is 0 Å². The number of hydrogen-bond donors (Lipinski definition) is 2. The summed E-state index contributed by atoms with van der Waals surface area (Å²) in [7, 11) is 0. The molecule has 3 N–H and O–H groups in total. The fourth-order valence-electron chi connectivity index (χ4n) is 5.36. The maximum Gasteiger partial charge on any atom is 0.292 e. The van der Waals surface area contributed by atoms with Crippen molar-refractivity contribution in [3.63, 3.8) is 0 Å². The number of oxazole rings is 1.